The van der Waals surface area contributed by atoms with Crippen LogP contribution < -0.4 is 4.90 Å². The normalized spacial score (nSPS) is 12.2. The average molecular weight is 765 g/mol. The van der Waals surface area contributed by atoms with Crippen LogP contribution in [0.5, 0.6) is 0 Å². The average Bonchev–Trinajstić information content (AvgIpc) is 3.61. The summed E-state index contributed by atoms with van der Waals surface area (Å²) >= 11 is 0. The zero-order valence-corrected chi connectivity index (χ0v) is 35.0. The van der Waals surface area contributed by atoms with E-state index in [1.807, 2.05) is 0 Å². The first-order valence-corrected chi connectivity index (χ1v) is 20.9. The van der Waals surface area contributed by atoms with Gasteiger partial charge in [0.2, 0.25) is 0 Å². The summed E-state index contributed by atoms with van der Waals surface area (Å²) in [5, 5.41) is 2.45. The number of hydrogen-bond acceptors (Lipinski definition) is 1. The van der Waals surface area contributed by atoms with Crippen LogP contribution in [-0.2, 0) is 16.2 Å². The molecule has 59 heavy (non-hydrogen) atoms. The Labute approximate surface area is 350 Å². The van der Waals surface area contributed by atoms with E-state index in [0.29, 0.717) is 0 Å². The Bertz CT molecular complexity index is 2760. The van der Waals surface area contributed by atoms with Crippen LogP contribution in [-0.4, -0.2) is 4.57 Å². The summed E-state index contributed by atoms with van der Waals surface area (Å²) in [7, 11) is 0. The second kappa shape index (κ2) is 14.9. The number of anilines is 3. The van der Waals surface area contributed by atoms with Gasteiger partial charge in [-0.05, 0) is 81.9 Å². The molecule has 1 heterocycles. The number of nitrogens with zero attached hydrogens (tertiary/aromatic N) is 2. The zero-order chi connectivity index (χ0) is 40.8. The lowest BCUT2D eigenvalue weighted by molar-refractivity contribution is 0.591. The molecule has 9 rings (SSSR count). The molecule has 9 aromatic rings. The van der Waals surface area contributed by atoms with Gasteiger partial charge in [-0.1, -0.05) is 199 Å². The maximum Gasteiger partial charge on any atom is 0.0544 e. The van der Waals surface area contributed by atoms with Crippen molar-refractivity contribution in [2.24, 2.45) is 0 Å². The first-order valence-electron chi connectivity index (χ1n) is 20.9. The van der Waals surface area contributed by atoms with Crippen molar-refractivity contribution in [1.29, 1.82) is 0 Å². The minimum Gasteiger partial charge on any atom is -0.310 e. The van der Waals surface area contributed by atoms with Gasteiger partial charge < -0.3 is 9.47 Å². The van der Waals surface area contributed by atoms with E-state index < -0.39 is 0 Å². The van der Waals surface area contributed by atoms with Gasteiger partial charge >= 0.3 is 0 Å². The van der Waals surface area contributed by atoms with Crippen molar-refractivity contribution in [2.75, 3.05) is 4.90 Å². The molecular formula is C57H52N2. The summed E-state index contributed by atoms with van der Waals surface area (Å²) in [5.41, 5.74) is 13.7. The molecule has 0 aliphatic rings. The molecule has 0 saturated carbocycles. The summed E-state index contributed by atoms with van der Waals surface area (Å²) < 4.78 is 2.59. The predicted octanol–water partition coefficient (Wildman–Crippen LogP) is 15.2. The van der Waals surface area contributed by atoms with Crippen molar-refractivity contribution in [3.8, 4) is 5.69 Å². The van der Waals surface area contributed by atoms with Gasteiger partial charge in [-0.25, -0.2) is 0 Å². The monoisotopic (exact) mass is 764 g/mol. The zero-order valence-electron chi connectivity index (χ0n) is 35.0. The minimum absolute atomic E-state index is 0.267. The molecule has 0 radical (unpaired) electrons. The number of benzene rings is 8. The van der Waals surface area contributed by atoms with Gasteiger partial charge in [-0.2, -0.15) is 0 Å². The lowest BCUT2D eigenvalue weighted by Crippen LogP contribution is -2.30. The third-order valence-electron chi connectivity index (χ3n) is 12.8. The summed E-state index contributed by atoms with van der Waals surface area (Å²) in [5.74, 6) is 0. The Morgan fingerprint density at radius 1 is 0.322 bits per heavy atom. The van der Waals surface area contributed by atoms with E-state index in [9.17, 15) is 0 Å². The number of fused-ring (bicyclic) bond motifs is 3. The molecule has 0 bridgehead atoms. The molecular weight excluding hydrogens is 713 g/mol. The van der Waals surface area contributed by atoms with Crippen LogP contribution in [0.1, 0.15) is 74.9 Å². The van der Waals surface area contributed by atoms with E-state index in [4.69, 9.17) is 0 Å². The summed E-state index contributed by atoms with van der Waals surface area (Å²) in [4.78, 5) is 2.36. The molecule has 290 valence electrons. The molecule has 0 aliphatic carbocycles. The van der Waals surface area contributed by atoms with E-state index in [1.54, 1.807) is 0 Å². The van der Waals surface area contributed by atoms with Gasteiger partial charge in [-0.15, -0.1) is 0 Å². The molecule has 0 atom stereocenters. The van der Waals surface area contributed by atoms with Gasteiger partial charge in [0.25, 0.3) is 0 Å². The molecule has 0 saturated heterocycles. The third kappa shape index (κ3) is 6.63. The largest absolute Gasteiger partial charge is 0.310 e. The highest BCUT2D eigenvalue weighted by Gasteiger charge is 2.37. The van der Waals surface area contributed by atoms with Crippen LogP contribution >= 0.6 is 0 Å². The third-order valence-corrected chi connectivity index (χ3v) is 12.8. The second-order valence-corrected chi connectivity index (χ2v) is 17.5. The van der Waals surface area contributed by atoms with Crippen molar-refractivity contribution < 1.29 is 0 Å². The molecule has 8 aromatic carbocycles. The number of hydrogen-bond donors (Lipinski definition) is 0. The van der Waals surface area contributed by atoms with E-state index >= 15 is 0 Å². The number of para-hydroxylation sites is 3. The van der Waals surface area contributed by atoms with Crippen molar-refractivity contribution >= 4 is 38.9 Å². The standard InChI is InChI=1S/C57H52N2/c1-55(2,41-24-12-7-13-25-41)44-38-50(56(3,4)42-26-14-8-15-27-42)54(51(39-44)57(5,6)43-28-16-9-17-29-43)59-52-35-23-22-34-48(52)49-40-47(36-37-53(49)59)58(45-30-18-10-19-31-45)46-32-20-11-21-33-46/h7-40H,1-6H3. The Kier molecular flexibility index (Phi) is 9.60. The van der Waals surface area contributed by atoms with Gasteiger partial charge in [0.15, 0.2) is 0 Å². The smallest absolute Gasteiger partial charge is 0.0544 e. The van der Waals surface area contributed by atoms with Gasteiger partial charge in [0, 0.05) is 44.1 Å². The summed E-state index contributed by atoms with van der Waals surface area (Å²) in [6.07, 6.45) is 0. The number of rotatable bonds is 10. The van der Waals surface area contributed by atoms with E-state index in [0.717, 1.165) is 17.1 Å². The van der Waals surface area contributed by atoms with E-state index in [-0.39, 0.29) is 16.2 Å². The highest BCUT2D eigenvalue weighted by Crippen LogP contribution is 2.49. The highest BCUT2D eigenvalue weighted by atomic mass is 15.1. The fraction of sp³-hybridized carbons (Fsp3) is 0.158. The summed E-state index contributed by atoms with van der Waals surface area (Å²) in [6.45, 7) is 14.4. The molecule has 0 aliphatic heterocycles. The lowest BCUT2D eigenvalue weighted by atomic mass is 9.68. The molecule has 0 amide bonds. The Morgan fingerprint density at radius 3 is 1.19 bits per heavy atom. The maximum absolute atomic E-state index is 2.59. The van der Waals surface area contributed by atoms with Gasteiger partial charge in [0.1, 0.15) is 0 Å². The molecule has 0 spiro atoms. The lowest BCUT2D eigenvalue weighted by Gasteiger charge is -2.38. The first-order chi connectivity index (χ1) is 28.6. The fourth-order valence-electron chi connectivity index (χ4n) is 9.17. The fourth-order valence-corrected chi connectivity index (χ4v) is 9.17. The predicted molar refractivity (Wildman–Crippen MR) is 251 cm³/mol. The van der Waals surface area contributed by atoms with Crippen molar-refractivity contribution in [2.45, 2.75) is 57.8 Å². The second-order valence-electron chi connectivity index (χ2n) is 17.5. The maximum atomic E-state index is 2.59. The van der Waals surface area contributed by atoms with Gasteiger partial charge in [-0.3, -0.25) is 0 Å². The van der Waals surface area contributed by atoms with Crippen LogP contribution in [0.4, 0.5) is 17.1 Å². The van der Waals surface area contributed by atoms with Crippen molar-refractivity contribution in [3.05, 3.63) is 240 Å². The van der Waals surface area contributed by atoms with E-state index in [2.05, 4.69) is 257 Å². The molecule has 2 heteroatoms. The Balaban J connectivity index is 1.40. The molecule has 0 fully saturated rings. The first kappa shape index (κ1) is 37.9. The molecule has 0 unspecified atom stereocenters. The van der Waals surface area contributed by atoms with E-state index in [1.165, 1.54) is 60.9 Å². The minimum atomic E-state index is -0.365. The SMILES string of the molecule is CC(C)(c1ccccc1)c1cc(C(C)(C)c2ccccc2)c(-n2c3ccccc3c3cc(N(c4ccccc4)c4ccccc4)ccc32)c(C(C)(C)c2ccccc2)c1. The molecule has 1 aromatic heterocycles. The Hall–Kier alpha value is -6.64. The topological polar surface area (TPSA) is 8.17 Å². The van der Waals surface area contributed by atoms with Gasteiger partial charge in [0.05, 0.1) is 16.7 Å². The summed E-state index contributed by atoms with van der Waals surface area (Å²) in [6, 6.07) is 75.6. The van der Waals surface area contributed by atoms with Crippen LogP contribution in [0.2, 0.25) is 0 Å². The quantitative estimate of drug-likeness (QED) is 0.135. The number of aromatic nitrogens is 1. The van der Waals surface area contributed by atoms with Crippen LogP contribution in [0, 0.1) is 0 Å². The molecule has 0 N–H and O–H groups in total. The van der Waals surface area contributed by atoms with Crippen LogP contribution in [0.25, 0.3) is 27.5 Å². The Morgan fingerprint density at radius 2 is 0.712 bits per heavy atom. The van der Waals surface area contributed by atoms with Crippen molar-refractivity contribution in [3.63, 3.8) is 0 Å². The van der Waals surface area contributed by atoms with Crippen molar-refractivity contribution in [1.82, 2.24) is 4.57 Å². The highest BCUT2D eigenvalue weighted by molar-refractivity contribution is 6.11. The van der Waals surface area contributed by atoms with Crippen LogP contribution in [0.3, 0.4) is 0 Å². The van der Waals surface area contributed by atoms with Crippen LogP contribution in [0.15, 0.2) is 206 Å². The molecule has 2 nitrogen and oxygen atoms in total.